The molecule has 18 heavy (non-hydrogen) atoms. The van der Waals surface area contributed by atoms with Gasteiger partial charge in [-0.15, -0.1) is 24.8 Å². The molecule has 0 radical (unpaired) electrons. The highest BCUT2D eigenvalue weighted by Crippen LogP contribution is 2.10. The molecule has 2 nitrogen and oxygen atoms in total. The summed E-state index contributed by atoms with van der Waals surface area (Å²) >= 11 is 0. The summed E-state index contributed by atoms with van der Waals surface area (Å²) in [7, 11) is 0. The van der Waals surface area contributed by atoms with Gasteiger partial charge in [0.15, 0.2) is 0 Å². The van der Waals surface area contributed by atoms with Crippen molar-refractivity contribution < 1.29 is 0 Å². The lowest BCUT2D eigenvalue weighted by molar-refractivity contribution is 0.356. The summed E-state index contributed by atoms with van der Waals surface area (Å²) < 4.78 is 0. The van der Waals surface area contributed by atoms with E-state index in [1.807, 2.05) is 0 Å². The van der Waals surface area contributed by atoms with Gasteiger partial charge in [-0.25, -0.2) is 0 Å². The van der Waals surface area contributed by atoms with E-state index >= 15 is 0 Å². The Hall–Kier alpha value is -0.280. The summed E-state index contributed by atoms with van der Waals surface area (Å²) in [5.41, 5.74) is 2.72. The second-order valence-electron chi connectivity index (χ2n) is 4.81. The van der Waals surface area contributed by atoms with Crippen molar-refractivity contribution in [1.29, 1.82) is 0 Å². The maximum absolute atomic E-state index is 3.56. The van der Waals surface area contributed by atoms with E-state index in [0.717, 1.165) is 19.0 Å². The first-order valence-corrected chi connectivity index (χ1v) is 6.31. The monoisotopic (exact) mass is 290 g/mol. The molecular weight excluding hydrogens is 267 g/mol. The number of hydrogen-bond acceptors (Lipinski definition) is 2. The Labute approximate surface area is 123 Å². The van der Waals surface area contributed by atoms with Crippen molar-refractivity contribution >= 4 is 24.8 Å². The molecule has 1 aromatic rings. The van der Waals surface area contributed by atoms with Crippen LogP contribution in [0.15, 0.2) is 24.3 Å². The minimum Gasteiger partial charge on any atom is -0.317 e. The molecule has 0 spiro atoms. The number of benzene rings is 1. The van der Waals surface area contributed by atoms with Crippen molar-refractivity contribution in [1.82, 2.24) is 10.6 Å². The quantitative estimate of drug-likeness (QED) is 0.891. The predicted molar refractivity (Wildman–Crippen MR) is 83.0 cm³/mol. The Morgan fingerprint density at radius 2 is 1.72 bits per heavy atom. The summed E-state index contributed by atoms with van der Waals surface area (Å²) in [6.45, 7) is 6.68. The molecule has 1 aliphatic rings. The fourth-order valence-corrected chi connectivity index (χ4v) is 2.21. The van der Waals surface area contributed by atoms with E-state index in [1.54, 1.807) is 0 Å². The molecule has 1 saturated heterocycles. The van der Waals surface area contributed by atoms with Gasteiger partial charge >= 0.3 is 0 Å². The average Bonchev–Trinajstić information content (AvgIpc) is 2.33. The SMILES string of the molecule is Cc1ccc(CNCC2CCNCC2)cc1.Cl.Cl. The molecular formula is C14H24Cl2N2. The minimum absolute atomic E-state index is 0. The van der Waals surface area contributed by atoms with Crippen LogP contribution in [0, 0.1) is 12.8 Å². The third-order valence-corrected chi connectivity index (χ3v) is 3.34. The largest absolute Gasteiger partial charge is 0.317 e. The molecule has 1 aliphatic heterocycles. The van der Waals surface area contributed by atoms with Crippen molar-refractivity contribution in [3.63, 3.8) is 0 Å². The van der Waals surface area contributed by atoms with Crippen LogP contribution in [0.1, 0.15) is 24.0 Å². The molecule has 0 bridgehead atoms. The normalized spacial score (nSPS) is 15.6. The summed E-state index contributed by atoms with van der Waals surface area (Å²) in [6.07, 6.45) is 2.64. The van der Waals surface area contributed by atoms with Gasteiger partial charge in [0.1, 0.15) is 0 Å². The van der Waals surface area contributed by atoms with Crippen molar-refractivity contribution in [2.75, 3.05) is 19.6 Å². The lowest BCUT2D eigenvalue weighted by Gasteiger charge is -2.22. The third-order valence-electron chi connectivity index (χ3n) is 3.34. The van der Waals surface area contributed by atoms with Gasteiger partial charge in [-0.3, -0.25) is 0 Å². The average molecular weight is 291 g/mol. The van der Waals surface area contributed by atoms with Crippen LogP contribution in [0.5, 0.6) is 0 Å². The van der Waals surface area contributed by atoms with Crippen LogP contribution in [-0.2, 0) is 6.54 Å². The van der Waals surface area contributed by atoms with E-state index in [0.29, 0.717) is 0 Å². The molecule has 0 amide bonds. The minimum atomic E-state index is 0. The number of aryl methyl sites for hydroxylation is 1. The Balaban J connectivity index is 0.00000144. The molecule has 2 N–H and O–H groups in total. The van der Waals surface area contributed by atoms with Crippen LogP contribution < -0.4 is 10.6 Å². The van der Waals surface area contributed by atoms with Gasteiger partial charge < -0.3 is 10.6 Å². The van der Waals surface area contributed by atoms with Gasteiger partial charge in [-0.1, -0.05) is 29.8 Å². The Bertz CT molecular complexity index is 308. The van der Waals surface area contributed by atoms with Crippen molar-refractivity contribution in [3.8, 4) is 0 Å². The predicted octanol–water partition coefficient (Wildman–Crippen LogP) is 2.93. The van der Waals surface area contributed by atoms with E-state index < -0.39 is 0 Å². The van der Waals surface area contributed by atoms with Gasteiger partial charge in [0.05, 0.1) is 0 Å². The highest BCUT2D eigenvalue weighted by molar-refractivity contribution is 5.85. The zero-order chi connectivity index (χ0) is 11.2. The van der Waals surface area contributed by atoms with E-state index in [9.17, 15) is 0 Å². The molecule has 0 saturated carbocycles. The van der Waals surface area contributed by atoms with Crippen molar-refractivity contribution in [2.45, 2.75) is 26.3 Å². The van der Waals surface area contributed by atoms with Crippen molar-refractivity contribution in [3.05, 3.63) is 35.4 Å². The van der Waals surface area contributed by atoms with E-state index in [-0.39, 0.29) is 24.8 Å². The zero-order valence-corrected chi connectivity index (χ0v) is 12.6. The summed E-state index contributed by atoms with van der Waals surface area (Å²) in [4.78, 5) is 0. The molecule has 4 heteroatoms. The van der Waals surface area contributed by atoms with E-state index in [1.165, 1.54) is 37.1 Å². The molecule has 104 valence electrons. The topological polar surface area (TPSA) is 24.1 Å². The van der Waals surface area contributed by atoms with Crippen LogP contribution in [0.4, 0.5) is 0 Å². The van der Waals surface area contributed by atoms with Crippen LogP contribution in [0.2, 0.25) is 0 Å². The fourth-order valence-electron chi connectivity index (χ4n) is 2.21. The van der Waals surface area contributed by atoms with Crippen molar-refractivity contribution in [2.24, 2.45) is 5.92 Å². The Morgan fingerprint density at radius 3 is 2.33 bits per heavy atom. The molecule has 2 rings (SSSR count). The molecule has 0 unspecified atom stereocenters. The first-order valence-electron chi connectivity index (χ1n) is 6.31. The number of halogens is 2. The fraction of sp³-hybridized carbons (Fsp3) is 0.571. The second-order valence-corrected chi connectivity index (χ2v) is 4.81. The molecule has 1 aromatic carbocycles. The van der Waals surface area contributed by atoms with Gasteiger partial charge in [0, 0.05) is 6.54 Å². The van der Waals surface area contributed by atoms with E-state index in [4.69, 9.17) is 0 Å². The third kappa shape index (κ3) is 6.05. The number of nitrogens with one attached hydrogen (secondary N) is 2. The van der Waals surface area contributed by atoms with Crippen LogP contribution >= 0.6 is 24.8 Å². The van der Waals surface area contributed by atoms with Crippen LogP contribution in [0.25, 0.3) is 0 Å². The standard InChI is InChI=1S/C14H22N2.2ClH/c1-12-2-4-13(5-3-12)10-16-11-14-6-8-15-9-7-14;;/h2-5,14-16H,6-11H2,1H3;2*1H. The lowest BCUT2D eigenvalue weighted by atomic mass is 9.98. The first kappa shape index (κ1) is 17.7. The Kier molecular flexibility index (Phi) is 9.47. The van der Waals surface area contributed by atoms with Gasteiger partial charge in [0.2, 0.25) is 0 Å². The van der Waals surface area contributed by atoms with Crippen LogP contribution in [-0.4, -0.2) is 19.6 Å². The number of hydrogen-bond donors (Lipinski definition) is 2. The molecule has 1 fully saturated rings. The highest BCUT2D eigenvalue weighted by atomic mass is 35.5. The number of piperidine rings is 1. The summed E-state index contributed by atoms with van der Waals surface area (Å²) in [6, 6.07) is 8.79. The summed E-state index contributed by atoms with van der Waals surface area (Å²) in [5.74, 6) is 0.867. The van der Waals surface area contributed by atoms with Gasteiger partial charge in [0.25, 0.3) is 0 Å². The van der Waals surface area contributed by atoms with Gasteiger partial charge in [-0.2, -0.15) is 0 Å². The Morgan fingerprint density at radius 1 is 1.11 bits per heavy atom. The first-order chi connectivity index (χ1) is 7.84. The van der Waals surface area contributed by atoms with Crippen LogP contribution in [0.3, 0.4) is 0 Å². The second kappa shape index (κ2) is 9.62. The molecule has 0 atom stereocenters. The highest BCUT2D eigenvalue weighted by Gasteiger charge is 2.11. The summed E-state index contributed by atoms with van der Waals surface area (Å²) in [5, 5.41) is 6.96. The number of rotatable bonds is 4. The maximum atomic E-state index is 3.56. The smallest absolute Gasteiger partial charge is 0.0205 e. The van der Waals surface area contributed by atoms with Gasteiger partial charge in [-0.05, 0) is 50.9 Å². The zero-order valence-electron chi connectivity index (χ0n) is 10.9. The maximum Gasteiger partial charge on any atom is 0.0205 e. The van der Waals surface area contributed by atoms with E-state index in [2.05, 4.69) is 41.8 Å². The molecule has 0 aliphatic carbocycles. The molecule has 1 heterocycles. The lowest BCUT2D eigenvalue weighted by Crippen LogP contribution is -2.33. The molecule has 0 aromatic heterocycles.